The number of aromatic nitrogens is 2. The zero-order chi connectivity index (χ0) is 33.8. The van der Waals surface area contributed by atoms with Crippen molar-refractivity contribution in [3.05, 3.63) is 89.6 Å². The van der Waals surface area contributed by atoms with E-state index in [-0.39, 0.29) is 12.5 Å². The van der Waals surface area contributed by atoms with Crippen LogP contribution in [0.25, 0.3) is 28.4 Å². The Morgan fingerprint density at radius 2 is 1.75 bits per heavy atom. The smallest absolute Gasteiger partial charge is 0.328 e. The number of carbonyl (C=O) groups excluding carboxylic acids is 3. The lowest BCUT2D eigenvalue weighted by Gasteiger charge is -2.41. The molecule has 6 rings (SSSR count). The number of piperidine rings is 1. The maximum Gasteiger partial charge on any atom is 0.328 e. The number of aliphatic carboxylic acids is 1. The van der Waals surface area contributed by atoms with E-state index in [1.54, 1.807) is 35.4 Å². The highest BCUT2D eigenvalue weighted by Gasteiger charge is 2.44. The first-order chi connectivity index (χ1) is 23.1. The molecule has 2 aromatic heterocycles. The SMILES string of the molecule is CC(=O)N1CCCC(NC(=O)c2ccc3c(C4CCCCC4)c(-c4ccccn4)n(C)c3c2)(C(=O)Nc2ccc(/C=C/C(=O)O)cc2)C1. The molecule has 4 aromatic rings. The number of benzene rings is 2. The summed E-state index contributed by atoms with van der Waals surface area (Å²) in [5.41, 5.74) is 4.38. The zero-order valence-corrected chi connectivity index (χ0v) is 27.4. The summed E-state index contributed by atoms with van der Waals surface area (Å²) in [5, 5.41) is 16.0. The quantitative estimate of drug-likeness (QED) is 0.197. The maximum atomic E-state index is 14.1. The highest BCUT2D eigenvalue weighted by molar-refractivity contribution is 6.06. The number of aryl methyl sites for hydroxylation is 1. The number of carboxylic acid groups (broad SMARTS) is 1. The second kappa shape index (κ2) is 13.9. The van der Waals surface area contributed by atoms with E-state index >= 15 is 0 Å². The van der Waals surface area contributed by atoms with Crippen LogP contribution in [-0.4, -0.2) is 61.9 Å². The molecule has 10 nitrogen and oxygen atoms in total. The summed E-state index contributed by atoms with van der Waals surface area (Å²) >= 11 is 0. The molecule has 2 aromatic carbocycles. The largest absolute Gasteiger partial charge is 0.478 e. The van der Waals surface area contributed by atoms with Gasteiger partial charge in [0.1, 0.15) is 5.54 Å². The lowest BCUT2D eigenvalue weighted by Crippen LogP contribution is -2.65. The van der Waals surface area contributed by atoms with Gasteiger partial charge in [-0.25, -0.2) is 4.79 Å². The number of nitrogens with one attached hydrogen (secondary N) is 2. The van der Waals surface area contributed by atoms with Gasteiger partial charge in [-0.05, 0) is 85.2 Å². The molecule has 1 saturated heterocycles. The van der Waals surface area contributed by atoms with Gasteiger partial charge in [0.2, 0.25) is 5.91 Å². The van der Waals surface area contributed by atoms with Gasteiger partial charge in [-0.15, -0.1) is 0 Å². The molecule has 1 aliphatic heterocycles. The minimum atomic E-state index is -1.36. The maximum absolute atomic E-state index is 14.1. The fraction of sp³-hybridized carbons (Fsp3) is 0.342. The van der Waals surface area contributed by atoms with E-state index in [1.165, 1.54) is 37.8 Å². The molecule has 3 amide bonds. The highest BCUT2D eigenvalue weighted by atomic mass is 16.4. The normalized spacial score (nSPS) is 18.6. The first kappa shape index (κ1) is 32.7. The van der Waals surface area contributed by atoms with Crippen molar-refractivity contribution >= 4 is 46.4 Å². The number of rotatable bonds is 8. The molecule has 1 atom stereocenters. The Morgan fingerprint density at radius 1 is 0.979 bits per heavy atom. The predicted octanol–water partition coefficient (Wildman–Crippen LogP) is 6.14. The molecule has 2 aliphatic rings. The molecule has 3 heterocycles. The number of fused-ring (bicyclic) bond motifs is 1. The monoisotopic (exact) mass is 647 g/mol. The van der Waals surface area contributed by atoms with Crippen molar-refractivity contribution in [3.63, 3.8) is 0 Å². The number of carboxylic acids is 1. The Labute approximate surface area is 279 Å². The second-order valence-corrected chi connectivity index (χ2v) is 12.9. The number of nitrogens with zero attached hydrogens (tertiary/aromatic N) is 3. The van der Waals surface area contributed by atoms with Crippen molar-refractivity contribution in [1.82, 2.24) is 19.8 Å². The van der Waals surface area contributed by atoms with Gasteiger partial charge in [0.25, 0.3) is 11.8 Å². The number of pyridine rings is 1. The lowest BCUT2D eigenvalue weighted by molar-refractivity contribution is -0.134. The number of hydrogen-bond acceptors (Lipinski definition) is 5. The lowest BCUT2D eigenvalue weighted by atomic mass is 9.82. The molecule has 1 saturated carbocycles. The Morgan fingerprint density at radius 3 is 2.44 bits per heavy atom. The molecule has 1 aliphatic carbocycles. The van der Waals surface area contributed by atoms with Gasteiger partial charge in [0, 0.05) is 54.9 Å². The molecule has 3 N–H and O–H groups in total. The third kappa shape index (κ3) is 6.74. The van der Waals surface area contributed by atoms with Gasteiger partial charge in [-0.1, -0.05) is 43.5 Å². The van der Waals surface area contributed by atoms with E-state index in [9.17, 15) is 19.2 Å². The first-order valence-electron chi connectivity index (χ1n) is 16.6. The summed E-state index contributed by atoms with van der Waals surface area (Å²) in [7, 11) is 2.02. The summed E-state index contributed by atoms with van der Waals surface area (Å²) in [5.74, 6) is -1.63. The van der Waals surface area contributed by atoms with Crippen molar-refractivity contribution in [3.8, 4) is 11.4 Å². The molecule has 0 bridgehead atoms. The second-order valence-electron chi connectivity index (χ2n) is 12.9. The summed E-state index contributed by atoms with van der Waals surface area (Å²) in [4.78, 5) is 57.7. The van der Waals surface area contributed by atoms with Crippen molar-refractivity contribution in [1.29, 1.82) is 0 Å². The molecule has 1 unspecified atom stereocenters. The van der Waals surface area contributed by atoms with Crippen LogP contribution < -0.4 is 10.6 Å². The number of amides is 3. The predicted molar refractivity (Wildman–Crippen MR) is 185 cm³/mol. The Kier molecular flexibility index (Phi) is 9.43. The van der Waals surface area contributed by atoms with Crippen LogP contribution in [0.2, 0.25) is 0 Å². The van der Waals surface area contributed by atoms with E-state index < -0.39 is 23.3 Å². The van der Waals surface area contributed by atoms with Gasteiger partial charge in [-0.3, -0.25) is 19.4 Å². The van der Waals surface area contributed by atoms with Crippen LogP contribution >= 0.6 is 0 Å². The average Bonchev–Trinajstić information content (AvgIpc) is 3.40. The van der Waals surface area contributed by atoms with Gasteiger partial charge >= 0.3 is 5.97 Å². The number of likely N-dealkylation sites (tertiary alicyclic amines) is 1. The van der Waals surface area contributed by atoms with Crippen LogP contribution in [0.3, 0.4) is 0 Å². The number of hydrogen-bond donors (Lipinski definition) is 3. The summed E-state index contributed by atoms with van der Waals surface area (Å²) in [6.45, 7) is 2.01. The third-order valence-corrected chi connectivity index (χ3v) is 9.73. The van der Waals surface area contributed by atoms with Crippen molar-refractivity contribution in [2.24, 2.45) is 7.05 Å². The van der Waals surface area contributed by atoms with Crippen LogP contribution in [-0.2, 0) is 21.4 Å². The van der Waals surface area contributed by atoms with Crippen LogP contribution in [0.15, 0.2) is 72.9 Å². The van der Waals surface area contributed by atoms with Crippen LogP contribution in [0, 0.1) is 0 Å². The fourth-order valence-corrected chi connectivity index (χ4v) is 7.28. The van der Waals surface area contributed by atoms with Gasteiger partial charge in [0.05, 0.1) is 17.9 Å². The van der Waals surface area contributed by atoms with Crippen LogP contribution in [0.4, 0.5) is 5.69 Å². The average molecular weight is 648 g/mol. The van der Waals surface area contributed by atoms with Gasteiger partial charge in [-0.2, -0.15) is 0 Å². The fourth-order valence-electron chi connectivity index (χ4n) is 7.28. The summed E-state index contributed by atoms with van der Waals surface area (Å²) in [6, 6.07) is 18.4. The van der Waals surface area contributed by atoms with Gasteiger partial charge < -0.3 is 25.2 Å². The topological polar surface area (TPSA) is 134 Å². The van der Waals surface area contributed by atoms with E-state index in [1.807, 2.05) is 43.4 Å². The molecule has 2 fully saturated rings. The van der Waals surface area contributed by atoms with Crippen molar-refractivity contribution in [2.45, 2.75) is 63.3 Å². The molecule has 10 heteroatoms. The third-order valence-electron chi connectivity index (χ3n) is 9.73. The Bertz CT molecular complexity index is 1870. The standard InChI is InChI=1S/C38H41N5O5/c1-25(44)43-22-8-20-38(24-43,37(48)40-29-16-12-26(13-17-29)14-19-33(45)46)41-36(47)28-15-18-30-32(23-28)42(2)35(31-11-6-7-21-39-31)34(30)27-9-4-3-5-10-27/h6-7,11-19,21,23,27H,3-5,8-10,20,22,24H2,1-2H3,(H,40,48)(H,41,47)(H,45,46)/b19-14+. The van der Waals surface area contributed by atoms with Crippen molar-refractivity contribution in [2.75, 3.05) is 18.4 Å². The minimum Gasteiger partial charge on any atom is -0.478 e. The van der Waals surface area contributed by atoms with Gasteiger partial charge in [0.15, 0.2) is 0 Å². The molecule has 0 spiro atoms. The van der Waals surface area contributed by atoms with E-state index in [4.69, 9.17) is 10.1 Å². The highest BCUT2D eigenvalue weighted by Crippen LogP contribution is 2.43. The number of anilines is 1. The van der Waals surface area contributed by atoms with Crippen molar-refractivity contribution < 1.29 is 24.3 Å². The molecule has 48 heavy (non-hydrogen) atoms. The van der Waals surface area contributed by atoms with E-state index in [0.29, 0.717) is 42.1 Å². The molecule has 248 valence electrons. The molecule has 0 radical (unpaired) electrons. The molecular weight excluding hydrogens is 606 g/mol. The Balaban J connectivity index is 1.32. The summed E-state index contributed by atoms with van der Waals surface area (Å²) < 4.78 is 2.13. The summed E-state index contributed by atoms with van der Waals surface area (Å²) in [6.07, 6.45) is 11.1. The van der Waals surface area contributed by atoms with Crippen LogP contribution in [0.5, 0.6) is 0 Å². The minimum absolute atomic E-state index is 0.0430. The van der Waals surface area contributed by atoms with E-state index in [2.05, 4.69) is 15.2 Å². The van der Waals surface area contributed by atoms with Crippen LogP contribution in [0.1, 0.15) is 79.3 Å². The first-order valence-corrected chi connectivity index (χ1v) is 16.6. The zero-order valence-electron chi connectivity index (χ0n) is 27.4. The number of carbonyl (C=O) groups is 4. The molecular formula is C38H41N5O5. The Hall–Kier alpha value is -5.25. The van der Waals surface area contributed by atoms with E-state index in [0.717, 1.165) is 41.2 Å².